The van der Waals surface area contributed by atoms with Crippen LogP contribution < -0.4 is 10.2 Å². The van der Waals surface area contributed by atoms with Crippen LogP contribution in [-0.2, 0) is 9.59 Å². The minimum atomic E-state index is -0.512. The highest BCUT2D eigenvalue weighted by atomic mass is 79.9. The van der Waals surface area contributed by atoms with E-state index in [-0.39, 0.29) is 11.8 Å². The first-order valence-corrected chi connectivity index (χ1v) is 8.89. The van der Waals surface area contributed by atoms with E-state index in [1.165, 1.54) is 0 Å². The van der Waals surface area contributed by atoms with Gasteiger partial charge in [0.2, 0.25) is 11.8 Å². The summed E-state index contributed by atoms with van der Waals surface area (Å²) in [6.45, 7) is 3.07. The van der Waals surface area contributed by atoms with Crippen LogP contribution >= 0.6 is 15.9 Å². The largest absolute Gasteiger partial charge is 0.342 e. The highest BCUT2D eigenvalue weighted by molar-refractivity contribution is 9.10. The number of rotatable bonds is 4. The molecule has 1 aromatic rings. The Morgan fingerprint density at radius 2 is 2.17 bits per heavy atom. The molecule has 2 aliphatic rings. The summed E-state index contributed by atoms with van der Waals surface area (Å²) in [5.74, 6) is -0.0692. The number of hydrogen-bond donors (Lipinski definition) is 1. The summed E-state index contributed by atoms with van der Waals surface area (Å²) in [4.78, 5) is 29.0. The summed E-state index contributed by atoms with van der Waals surface area (Å²) in [5.41, 5.74) is 0.856. The molecule has 2 aliphatic heterocycles. The number of nitrogens with one attached hydrogen (secondary N) is 1. The number of carbonyl (C=O) groups excluding carboxylic acids is 2. The lowest BCUT2D eigenvalue weighted by molar-refractivity contribution is -0.139. The zero-order valence-electron chi connectivity index (χ0n) is 13.3. The highest BCUT2D eigenvalue weighted by Gasteiger charge is 2.41. The van der Waals surface area contributed by atoms with Gasteiger partial charge in [-0.05, 0) is 50.6 Å². The van der Waals surface area contributed by atoms with E-state index < -0.39 is 5.92 Å². The van der Waals surface area contributed by atoms with E-state index in [9.17, 15) is 9.59 Å². The summed E-state index contributed by atoms with van der Waals surface area (Å²) in [7, 11) is 1.93. The van der Waals surface area contributed by atoms with E-state index in [2.05, 4.69) is 21.2 Å². The summed E-state index contributed by atoms with van der Waals surface area (Å²) in [6, 6.07) is 7.67. The standard InChI is InChI=1S/C17H22BrN3O2/c1-19-10-12-5-7-20(11-12)16(22)15-6-8-21(17(15)23)14-4-2-3-13(18)9-14/h2-4,9,12,15,19H,5-8,10-11H2,1H3/t12-,15-/m1/s1. The second-order valence-electron chi connectivity index (χ2n) is 6.31. The molecule has 6 heteroatoms. The van der Waals surface area contributed by atoms with Crippen LogP contribution in [0.15, 0.2) is 28.7 Å². The van der Waals surface area contributed by atoms with E-state index in [1.807, 2.05) is 36.2 Å². The van der Waals surface area contributed by atoms with E-state index in [1.54, 1.807) is 4.90 Å². The lowest BCUT2D eigenvalue weighted by Crippen LogP contribution is -2.39. The van der Waals surface area contributed by atoms with Crippen molar-refractivity contribution < 1.29 is 9.59 Å². The van der Waals surface area contributed by atoms with Crippen LogP contribution in [0.25, 0.3) is 0 Å². The molecule has 2 heterocycles. The van der Waals surface area contributed by atoms with Crippen molar-refractivity contribution in [1.82, 2.24) is 10.2 Å². The van der Waals surface area contributed by atoms with Gasteiger partial charge in [0.05, 0.1) is 0 Å². The molecule has 2 amide bonds. The predicted octanol–water partition coefficient (Wildman–Crippen LogP) is 1.87. The molecule has 1 N–H and O–H groups in total. The number of halogens is 1. The van der Waals surface area contributed by atoms with Crippen LogP contribution in [0.5, 0.6) is 0 Å². The summed E-state index contributed by atoms with van der Waals surface area (Å²) < 4.78 is 0.937. The molecule has 124 valence electrons. The molecule has 0 bridgehead atoms. The van der Waals surface area contributed by atoms with Crippen molar-refractivity contribution in [3.05, 3.63) is 28.7 Å². The molecule has 0 saturated carbocycles. The quantitative estimate of drug-likeness (QED) is 0.812. The predicted molar refractivity (Wildman–Crippen MR) is 93.2 cm³/mol. The van der Waals surface area contributed by atoms with Crippen LogP contribution in [0.2, 0.25) is 0 Å². The molecule has 2 atom stereocenters. The SMILES string of the molecule is CNC[C@H]1CCN(C(=O)[C@H]2CCN(c3cccc(Br)c3)C2=O)C1. The average molecular weight is 380 g/mol. The highest BCUT2D eigenvalue weighted by Crippen LogP contribution is 2.29. The van der Waals surface area contributed by atoms with Crippen molar-refractivity contribution in [1.29, 1.82) is 0 Å². The zero-order valence-corrected chi connectivity index (χ0v) is 14.9. The van der Waals surface area contributed by atoms with E-state index in [4.69, 9.17) is 0 Å². The molecule has 0 aliphatic carbocycles. The Hall–Kier alpha value is -1.40. The van der Waals surface area contributed by atoms with Gasteiger partial charge in [-0.1, -0.05) is 22.0 Å². The van der Waals surface area contributed by atoms with Crippen molar-refractivity contribution in [3.63, 3.8) is 0 Å². The maximum Gasteiger partial charge on any atom is 0.239 e. The Balaban J connectivity index is 1.66. The van der Waals surface area contributed by atoms with Gasteiger partial charge in [-0.2, -0.15) is 0 Å². The molecule has 23 heavy (non-hydrogen) atoms. The third kappa shape index (κ3) is 3.43. The molecule has 2 fully saturated rings. The fourth-order valence-corrected chi connectivity index (χ4v) is 3.91. The maximum absolute atomic E-state index is 12.7. The molecule has 5 nitrogen and oxygen atoms in total. The molecular formula is C17H22BrN3O2. The first-order valence-electron chi connectivity index (χ1n) is 8.10. The van der Waals surface area contributed by atoms with Crippen molar-refractivity contribution >= 4 is 33.4 Å². The van der Waals surface area contributed by atoms with Crippen molar-refractivity contribution in [2.24, 2.45) is 11.8 Å². The van der Waals surface area contributed by atoms with Crippen molar-refractivity contribution in [2.45, 2.75) is 12.8 Å². The van der Waals surface area contributed by atoms with Gasteiger partial charge >= 0.3 is 0 Å². The minimum absolute atomic E-state index is 0.00565. The van der Waals surface area contributed by atoms with Crippen LogP contribution in [0.4, 0.5) is 5.69 Å². The van der Waals surface area contributed by atoms with Crippen LogP contribution in [0, 0.1) is 11.8 Å². The number of hydrogen-bond acceptors (Lipinski definition) is 3. The monoisotopic (exact) mass is 379 g/mol. The number of benzene rings is 1. The van der Waals surface area contributed by atoms with Gasteiger partial charge in [0, 0.05) is 29.8 Å². The Bertz CT molecular complexity index is 607. The third-order valence-electron chi connectivity index (χ3n) is 4.71. The van der Waals surface area contributed by atoms with Crippen molar-refractivity contribution in [3.8, 4) is 0 Å². The average Bonchev–Trinajstić information content (AvgIpc) is 3.14. The molecule has 2 saturated heterocycles. The smallest absolute Gasteiger partial charge is 0.239 e. The number of carbonyl (C=O) groups is 2. The van der Waals surface area contributed by atoms with E-state index in [0.717, 1.165) is 36.2 Å². The molecule has 0 radical (unpaired) electrons. The zero-order chi connectivity index (χ0) is 16.4. The molecule has 3 rings (SSSR count). The molecule has 0 unspecified atom stereocenters. The van der Waals surface area contributed by atoms with Gasteiger partial charge < -0.3 is 15.1 Å². The van der Waals surface area contributed by atoms with Crippen molar-refractivity contribution in [2.75, 3.05) is 38.1 Å². The molecule has 0 spiro atoms. The lowest BCUT2D eigenvalue weighted by Gasteiger charge is -2.21. The van der Waals surface area contributed by atoms with Crippen LogP contribution in [-0.4, -0.2) is 49.9 Å². The first-order chi connectivity index (χ1) is 11.1. The lowest BCUT2D eigenvalue weighted by atomic mass is 10.1. The van der Waals surface area contributed by atoms with Gasteiger partial charge in [-0.25, -0.2) is 0 Å². The summed E-state index contributed by atoms with van der Waals surface area (Å²) in [5, 5.41) is 3.16. The number of nitrogens with zero attached hydrogens (tertiary/aromatic N) is 2. The van der Waals surface area contributed by atoms with Gasteiger partial charge in [0.25, 0.3) is 0 Å². The van der Waals surface area contributed by atoms with Crippen LogP contribution in [0.1, 0.15) is 12.8 Å². The Kier molecular flexibility index (Phi) is 5.02. The molecule has 0 aromatic heterocycles. The third-order valence-corrected chi connectivity index (χ3v) is 5.21. The molecule has 1 aromatic carbocycles. The first kappa shape index (κ1) is 16.5. The molecular weight excluding hydrogens is 358 g/mol. The number of anilines is 1. The topological polar surface area (TPSA) is 52.7 Å². The van der Waals surface area contributed by atoms with Gasteiger partial charge in [0.15, 0.2) is 0 Å². The van der Waals surface area contributed by atoms with Crippen LogP contribution in [0.3, 0.4) is 0 Å². The maximum atomic E-state index is 12.7. The fourth-order valence-electron chi connectivity index (χ4n) is 3.52. The van der Waals surface area contributed by atoms with Gasteiger partial charge in [0.1, 0.15) is 5.92 Å². The van der Waals surface area contributed by atoms with Gasteiger partial charge in [-0.3, -0.25) is 9.59 Å². The number of likely N-dealkylation sites (tertiary alicyclic amines) is 1. The van der Waals surface area contributed by atoms with E-state index in [0.29, 0.717) is 18.9 Å². The summed E-state index contributed by atoms with van der Waals surface area (Å²) in [6.07, 6.45) is 1.63. The number of amides is 2. The minimum Gasteiger partial charge on any atom is -0.342 e. The Morgan fingerprint density at radius 3 is 2.91 bits per heavy atom. The van der Waals surface area contributed by atoms with Gasteiger partial charge in [-0.15, -0.1) is 0 Å². The fraction of sp³-hybridized carbons (Fsp3) is 0.529. The summed E-state index contributed by atoms with van der Waals surface area (Å²) >= 11 is 3.43. The second-order valence-corrected chi connectivity index (χ2v) is 7.22. The Labute approximate surface area is 145 Å². The second kappa shape index (κ2) is 7.01. The Morgan fingerprint density at radius 1 is 1.35 bits per heavy atom. The normalized spacial score (nSPS) is 24.5. The van der Waals surface area contributed by atoms with E-state index >= 15 is 0 Å².